The number of aromatic carboxylic acids is 1. The number of hydrogen-bond acceptors (Lipinski definition) is 5. The van der Waals surface area contributed by atoms with Crippen molar-refractivity contribution in [2.24, 2.45) is 7.05 Å². The van der Waals surface area contributed by atoms with E-state index in [9.17, 15) is 19.5 Å². The normalized spacial score (nSPS) is 12.6. The predicted octanol–water partition coefficient (Wildman–Crippen LogP) is 3.76. The fourth-order valence-corrected chi connectivity index (χ4v) is 4.27. The molecule has 176 valence electrons. The second kappa shape index (κ2) is 9.01. The lowest BCUT2D eigenvalue weighted by Crippen LogP contribution is -2.46. The molecule has 1 aliphatic rings. The summed E-state index contributed by atoms with van der Waals surface area (Å²) in [5.74, 6) is -1.79. The number of nitrogens with zero attached hydrogens (tertiary/aromatic N) is 2. The van der Waals surface area contributed by atoms with Gasteiger partial charge in [-0.15, -0.1) is 0 Å². The van der Waals surface area contributed by atoms with Crippen molar-refractivity contribution >= 4 is 23.8 Å². The van der Waals surface area contributed by atoms with Crippen LogP contribution in [0.25, 0.3) is 11.1 Å². The van der Waals surface area contributed by atoms with Gasteiger partial charge < -0.3 is 20.5 Å². The van der Waals surface area contributed by atoms with E-state index in [1.807, 2.05) is 36.4 Å². The van der Waals surface area contributed by atoms with E-state index < -0.39 is 23.5 Å². The first-order valence-electron chi connectivity index (χ1n) is 10.8. The van der Waals surface area contributed by atoms with Crippen LogP contribution in [-0.2, 0) is 16.6 Å². The van der Waals surface area contributed by atoms with E-state index in [0.717, 1.165) is 22.3 Å². The molecule has 1 heterocycles. The standard InChI is InChI=1S/C25H26N4O5/c1-25(2,12-21(30)26-22-19(23(31)32)13-29(3)28-22)27-24(33)34-14-20-17-10-6-4-8-15(17)16-9-5-7-11-18(16)20/h4-11,13,20H,12,14H2,1-3H3,(H,27,33)(H,31,32)(H,26,28,30). The summed E-state index contributed by atoms with van der Waals surface area (Å²) < 4.78 is 6.86. The van der Waals surface area contributed by atoms with Crippen LogP contribution >= 0.6 is 0 Å². The number of aryl methyl sites for hydroxylation is 1. The van der Waals surface area contributed by atoms with Gasteiger partial charge >= 0.3 is 12.1 Å². The van der Waals surface area contributed by atoms with Crippen LogP contribution in [0.2, 0.25) is 0 Å². The molecule has 2 aromatic carbocycles. The van der Waals surface area contributed by atoms with Crippen LogP contribution in [0, 0.1) is 0 Å². The molecule has 0 spiro atoms. The Kier molecular flexibility index (Phi) is 6.10. The van der Waals surface area contributed by atoms with Crippen LogP contribution in [-0.4, -0.2) is 45.0 Å². The highest BCUT2D eigenvalue weighted by molar-refractivity contribution is 5.99. The zero-order valence-electron chi connectivity index (χ0n) is 19.2. The SMILES string of the molecule is Cn1cc(C(=O)O)c(NC(=O)CC(C)(C)NC(=O)OCC2c3ccccc3-c3ccccc32)n1. The Morgan fingerprint density at radius 1 is 1.06 bits per heavy atom. The summed E-state index contributed by atoms with van der Waals surface area (Å²) >= 11 is 0. The quantitative estimate of drug-likeness (QED) is 0.491. The lowest BCUT2D eigenvalue weighted by atomic mass is 9.98. The van der Waals surface area contributed by atoms with Crippen molar-refractivity contribution in [2.45, 2.75) is 31.7 Å². The minimum absolute atomic E-state index is 0.0445. The van der Waals surface area contributed by atoms with E-state index in [0.29, 0.717) is 0 Å². The van der Waals surface area contributed by atoms with E-state index in [2.05, 4.69) is 27.9 Å². The third-order valence-electron chi connectivity index (χ3n) is 5.70. The Hall–Kier alpha value is -4.14. The molecule has 0 aliphatic heterocycles. The molecule has 0 saturated carbocycles. The van der Waals surface area contributed by atoms with Gasteiger partial charge in [0.2, 0.25) is 5.91 Å². The molecule has 3 aromatic rings. The zero-order chi connectivity index (χ0) is 24.5. The Balaban J connectivity index is 1.36. The monoisotopic (exact) mass is 462 g/mol. The number of hydrogen-bond donors (Lipinski definition) is 3. The maximum Gasteiger partial charge on any atom is 0.407 e. The number of aromatic nitrogens is 2. The van der Waals surface area contributed by atoms with E-state index in [-0.39, 0.29) is 30.3 Å². The molecular formula is C25H26N4O5. The van der Waals surface area contributed by atoms with E-state index >= 15 is 0 Å². The summed E-state index contributed by atoms with van der Waals surface area (Å²) in [6.07, 6.45) is 0.564. The maximum absolute atomic E-state index is 12.6. The van der Waals surface area contributed by atoms with Gasteiger partial charge in [0, 0.05) is 31.1 Å². The van der Waals surface area contributed by atoms with E-state index in [1.165, 1.54) is 10.9 Å². The number of carbonyl (C=O) groups excluding carboxylic acids is 2. The molecule has 0 unspecified atom stereocenters. The van der Waals surface area contributed by atoms with Crippen molar-refractivity contribution < 1.29 is 24.2 Å². The minimum atomic E-state index is -1.19. The molecule has 2 amide bonds. The van der Waals surface area contributed by atoms with Gasteiger partial charge in [-0.2, -0.15) is 5.10 Å². The molecule has 3 N–H and O–H groups in total. The van der Waals surface area contributed by atoms with Crippen LogP contribution in [0.4, 0.5) is 10.6 Å². The molecule has 34 heavy (non-hydrogen) atoms. The van der Waals surface area contributed by atoms with Gasteiger partial charge in [0.05, 0.1) is 0 Å². The Bertz CT molecular complexity index is 1220. The fraction of sp³-hybridized carbons (Fsp3) is 0.280. The van der Waals surface area contributed by atoms with Gasteiger partial charge in [-0.3, -0.25) is 9.48 Å². The number of alkyl carbamates (subject to hydrolysis) is 1. The first-order chi connectivity index (χ1) is 16.1. The van der Waals surface area contributed by atoms with Crippen molar-refractivity contribution in [3.63, 3.8) is 0 Å². The molecule has 0 radical (unpaired) electrons. The summed E-state index contributed by atoms with van der Waals surface area (Å²) in [5, 5.41) is 18.4. The summed E-state index contributed by atoms with van der Waals surface area (Å²) in [5.41, 5.74) is 3.45. The average Bonchev–Trinajstić information content (AvgIpc) is 3.29. The number of carboxylic acids is 1. The van der Waals surface area contributed by atoms with Crippen molar-refractivity contribution in [1.82, 2.24) is 15.1 Å². The predicted molar refractivity (Wildman–Crippen MR) is 126 cm³/mol. The van der Waals surface area contributed by atoms with Gasteiger partial charge in [0.25, 0.3) is 0 Å². The highest BCUT2D eigenvalue weighted by Crippen LogP contribution is 2.44. The number of amides is 2. The number of carboxylic acid groups (broad SMARTS) is 1. The molecule has 0 fully saturated rings. The van der Waals surface area contributed by atoms with E-state index in [1.54, 1.807) is 20.9 Å². The summed E-state index contributed by atoms with van der Waals surface area (Å²) in [6, 6.07) is 16.1. The lowest BCUT2D eigenvalue weighted by molar-refractivity contribution is -0.117. The number of nitrogens with one attached hydrogen (secondary N) is 2. The lowest BCUT2D eigenvalue weighted by Gasteiger charge is -2.25. The minimum Gasteiger partial charge on any atom is -0.477 e. The number of benzene rings is 2. The third-order valence-corrected chi connectivity index (χ3v) is 5.70. The van der Waals surface area contributed by atoms with Gasteiger partial charge in [0.15, 0.2) is 5.82 Å². The summed E-state index contributed by atoms with van der Waals surface area (Å²) in [4.78, 5) is 36.4. The van der Waals surface area contributed by atoms with Gasteiger partial charge in [-0.05, 0) is 36.1 Å². The van der Waals surface area contributed by atoms with Crippen molar-refractivity contribution in [1.29, 1.82) is 0 Å². The zero-order valence-corrected chi connectivity index (χ0v) is 19.2. The first kappa shape index (κ1) is 23.0. The molecule has 1 aromatic heterocycles. The van der Waals surface area contributed by atoms with Crippen molar-refractivity contribution in [3.05, 3.63) is 71.4 Å². The highest BCUT2D eigenvalue weighted by Gasteiger charge is 2.31. The number of carbonyl (C=O) groups is 3. The molecule has 9 heteroatoms. The fourth-order valence-electron chi connectivity index (χ4n) is 4.27. The Labute approximate surface area is 196 Å². The first-order valence-corrected chi connectivity index (χ1v) is 10.8. The van der Waals surface area contributed by atoms with Crippen LogP contribution in [0.3, 0.4) is 0 Å². The molecule has 1 aliphatic carbocycles. The molecule has 4 rings (SSSR count). The molecule has 0 bridgehead atoms. The average molecular weight is 463 g/mol. The van der Waals surface area contributed by atoms with Crippen LogP contribution in [0.5, 0.6) is 0 Å². The van der Waals surface area contributed by atoms with Crippen LogP contribution < -0.4 is 10.6 Å². The maximum atomic E-state index is 12.6. The van der Waals surface area contributed by atoms with Gasteiger partial charge in [-0.25, -0.2) is 9.59 Å². The van der Waals surface area contributed by atoms with Crippen molar-refractivity contribution in [2.75, 3.05) is 11.9 Å². The van der Waals surface area contributed by atoms with Crippen molar-refractivity contribution in [3.8, 4) is 11.1 Å². The molecule has 9 nitrogen and oxygen atoms in total. The highest BCUT2D eigenvalue weighted by atomic mass is 16.5. The molecule has 0 atom stereocenters. The van der Waals surface area contributed by atoms with Crippen LogP contribution in [0.15, 0.2) is 54.7 Å². The van der Waals surface area contributed by atoms with E-state index in [4.69, 9.17) is 4.74 Å². The van der Waals surface area contributed by atoms with Crippen LogP contribution in [0.1, 0.15) is 47.7 Å². The second-order valence-corrected chi connectivity index (χ2v) is 8.93. The number of rotatable bonds is 7. The summed E-state index contributed by atoms with van der Waals surface area (Å²) in [7, 11) is 1.56. The molecular weight excluding hydrogens is 436 g/mol. The number of ether oxygens (including phenoxy) is 1. The Morgan fingerprint density at radius 2 is 1.65 bits per heavy atom. The topological polar surface area (TPSA) is 123 Å². The smallest absolute Gasteiger partial charge is 0.407 e. The number of anilines is 1. The van der Waals surface area contributed by atoms with Gasteiger partial charge in [0.1, 0.15) is 12.2 Å². The second-order valence-electron chi connectivity index (χ2n) is 8.93. The third kappa shape index (κ3) is 4.78. The summed E-state index contributed by atoms with van der Waals surface area (Å²) in [6.45, 7) is 3.53. The molecule has 0 saturated heterocycles. The number of fused-ring (bicyclic) bond motifs is 3. The largest absolute Gasteiger partial charge is 0.477 e. The van der Waals surface area contributed by atoms with Gasteiger partial charge in [-0.1, -0.05) is 48.5 Å². The Morgan fingerprint density at radius 3 is 2.24 bits per heavy atom.